The number of aromatic nitrogens is 1. The van der Waals surface area contributed by atoms with Crippen molar-refractivity contribution in [3.8, 4) is 0 Å². The molecule has 2 aromatic carbocycles. The fourth-order valence-corrected chi connectivity index (χ4v) is 4.36. The van der Waals surface area contributed by atoms with E-state index in [1.807, 2.05) is 31.2 Å². The van der Waals surface area contributed by atoms with Crippen molar-refractivity contribution in [1.29, 1.82) is 0 Å². The molecule has 1 amide bonds. The van der Waals surface area contributed by atoms with Gasteiger partial charge in [0, 0.05) is 12.6 Å². The number of nitrogens with zero attached hydrogens (tertiary/aromatic N) is 2. The van der Waals surface area contributed by atoms with E-state index in [-0.39, 0.29) is 11.9 Å². The van der Waals surface area contributed by atoms with Gasteiger partial charge in [0.2, 0.25) is 10.0 Å². The molecule has 8 heteroatoms. The second-order valence-electron chi connectivity index (χ2n) is 6.52. The number of carbonyl (C=O) groups excluding carboxylic acids is 1. The van der Waals surface area contributed by atoms with Crippen LogP contribution in [0.15, 0.2) is 42.5 Å². The van der Waals surface area contributed by atoms with Crippen LogP contribution >= 0.6 is 11.3 Å². The molecule has 3 aromatic rings. The number of para-hydroxylation sites is 1. The second-order valence-corrected chi connectivity index (χ2v) is 9.33. The first-order chi connectivity index (χ1) is 12.7. The molecular weight excluding hydrogens is 382 g/mol. The number of hydrogen-bond donors (Lipinski definition) is 1. The minimum absolute atomic E-state index is 0.196. The van der Waals surface area contributed by atoms with Crippen molar-refractivity contribution < 1.29 is 13.2 Å². The van der Waals surface area contributed by atoms with E-state index in [2.05, 4.69) is 9.71 Å². The summed E-state index contributed by atoms with van der Waals surface area (Å²) in [5, 5.41) is 0.855. The van der Waals surface area contributed by atoms with Gasteiger partial charge < -0.3 is 4.90 Å². The lowest BCUT2D eigenvalue weighted by Crippen LogP contribution is -2.29. The zero-order valence-corrected chi connectivity index (χ0v) is 17.2. The quantitative estimate of drug-likeness (QED) is 0.703. The van der Waals surface area contributed by atoms with Crippen molar-refractivity contribution in [2.75, 3.05) is 18.0 Å². The number of benzene rings is 2. The fourth-order valence-electron chi connectivity index (χ4n) is 2.68. The van der Waals surface area contributed by atoms with Gasteiger partial charge >= 0.3 is 0 Å². The lowest BCUT2D eigenvalue weighted by molar-refractivity contribution is 0.0742. The van der Waals surface area contributed by atoms with Crippen molar-refractivity contribution in [2.24, 2.45) is 0 Å². The van der Waals surface area contributed by atoms with Crippen LogP contribution in [0.2, 0.25) is 0 Å². The highest BCUT2D eigenvalue weighted by atomic mass is 32.2. The number of sulfonamides is 1. The maximum Gasteiger partial charge on any atom is 0.254 e. The summed E-state index contributed by atoms with van der Waals surface area (Å²) >= 11 is 1.56. The van der Waals surface area contributed by atoms with Gasteiger partial charge in [0.25, 0.3) is 5.91 Å². The third-order valence-electron chi connectivity index (χ3n) is 4.35. The number of rotatable bonds is 5. The molecule has 0 aliphatic heterocycles. The van der Waals surface area contributed by atoms with Crippen LogP contribution < -0.4 is 4.72 Å². The summed E-state index contributed by atoms with van der Waals surface area (Å²) in [4.78, 5) is 19.2. The van der Waals surface area contributed by atoms with Crippen molar-refractivity contribution in [1.82, 2.24) is 9.88 Å². The Bertz CT molecular complexity index is 1070. The smallest absolute Gasteiger partial charge is 0.254 e. The van der Waals surface area contributed by atoms with E-state index in [0.29, 0.717) is 11.3 Å². The third kappa shape index (κ3) is 4.28. The molecule has 1 N–H and O–H groups in total. The Kier molecular flexibility index (Phi) is 5.21. The number of nitrogens with one attached hydrogen (secondary N) is 1. The Morgan fingerprint density at radius 1 is 1.22 bits per heavy atom. The van der Waals surface area contributed by atoms with Gasteiger partial charge in [0.1, 0.15) is 5.01 Å². The zero-order chi connectivity index (χ0) is 19.8. The average Bonchev–Trinajstić information content (AvgIpc) is 3.04. The number of hydrogen-bond acceptors (Lipinski definition) is 5. The molecule has 27 heavy (non-hydrogen) atoms. The van der Waals surface area contributed by atoms with Gasteiger partial charge in [0.05, 0.1) is 28.2 Å². The molecule has 0 fully saturated rings. The van der Waals surface area contributed by atoms with Gasteiger partial charge in [-0.15, -0.1) is 11.3 Å². The molecule has 1 heterocycles. The first kappa shape index (κ1) is 19.3. The average molecular weight is 404 g/mol. The number of amides is 1. The van der Waals surface area contributed by atoms with Gasteiger partial charge in [-0.25, -0.2) is 13.4 Å². The highest BCUT2D eigenvalue weighted by Gasteiger charge is 2.22. The van der Waals surface area contributed by atoms with E-state index >= 15 is 0 Å². The van der Waals surface area contributed by atoms with E-state index in [9.17, 15) is 13.2 Å². The van der Waals surface area contributed by atoms with E-state index in [0.717, 1.165) is 27.0 Å². The Balaban J connectivity index is 1.87. The molecule has 0 aliphatic carbocycles. The van der Waals surface area contributed by atoms with Crippen molar-refractivity contribution in [3.63, 3.8) is 0 Å². The van der Waals surface area contributed by atoms with Crippen molar-refractivity contribution in [3.05, 3.63) is 58.6 Å². The van der Waals surface area contributed by atoms with E-state index in [4.69, 9.17) is 0 Å². The van der Waals surface area contributed by atoms with Crippen LogP contribution in [-0.4, -0.2) is 37.5 Å². The van der Waals surface area contributed by atoms with Crippen LogP contribution in [0, 0.1) is 6.92 Å². The summed E-state index contributed by atoms with van der Waals surface area (Å²) in [5.74, 6) is -0.196. The van der Waals surface area contributed by atoms with E-state index in [1.165, 1.54) is 0 Å². The van der Waals surface area contributed by atoms with Crippen LogP contribution in [0.3, 0.4) is 0 Å². The molecule has 0 radical (unpaired) electrons. The summed E-state index contributed by atoms with van der Waals surface area (Å²) in [6.45, 7) is 3.72. The van der Waals surface area contributed by atoms with Crippen molar-refractivity contribution in [2.45, 2.75) is 19.9 Å². The second kappa shape index (κ2) is 7.28. The maximum absolute atomic E-state index is 12.9. The Labute approximate surface area is 162 Å². The minimum Gasteiger partial charge on any atom is -0.333 e. The molecule has 0 aliphatic rings. The topological polar surface area (TPSA) is 79.4 Å². The highest BCUT2D eigenvalue weighted by molar-refractivity contribution is 7.92. The SMILES string of the molecule is Cc1ccc(C(=O)N(C)[C@H](C)c2nc3ccccc3s2)cc1NS(C)(=O)=O. The molecule has 142 valence electrons. The molecule has 0 saturated heterocycles. The van der Waals surface area contributed by atoms with Crippen LogP contribution in [0.1, 0.15) is 33.9 Å². The molecule has 3 rings (SSSR count). The van der Waals surface area contributed by atoms with Gasteiger partial charge in [-0.2, -0.15) is 0 Å². The highest BCUT2D eigenvalue weighted by Crippen LogP contribution is 2.30. The molecule has 1 aromatic heterocycles. The summed E-state index contributed by atoms with van der Waals surface area (Å²) in [5.41, 5.74) is 2.49. The molecule has 0 saturated carbocycles. The summed E-state index contributed by atoms with van der Waals surface area (Å²) in [7, 11) is -1.69. The van der Waals surface area contributed by atoms with Gasteiger partial charge in [-0.3, -0.25) is 9.52 Å². The van der Waals surface area contributed by atoms with Crippen molar-refractivity contribution >= 4 is 43.2 Å². The third-order valence-corrected chi connectivity index (χ3v) is 6.15. The Morgan fingerprint density at radius 3 is 2.59 bits per heavy atom. The van der Waals surface area contributed by atoms with Gasteiger partial charge in [-0.1, -0.05) is 18.2 Å². The van der Waals surface area contributed by atoms with E-state index < -0.39 is 10.0 Å². The lowest BCUT2D eigenvalue weighted by Gasteiger charge is -2.23. The van der Waals surface area contributed by atoms with Gasteiger partial charge in [-0.05, 0) is 43.7 Å². The minimum atomic E-state index is -3.42. The first-order valence-electron chi connectivity index (χ1n) is 8.37. The van der Waals surface area contributed by atoms with Gasteiger partial charge in [0.15, 0.2) is 0 Å². The largest absolute Gasteiger partial charge is 0.333 e. The summed E-state index contributed by atoms with van der Waals surface area (Å²) in [6, 6.07) is 12.7. The zero-order valence-electron chi connectivity index (χ0n) is 15.6. The first-order valence-corrected chi connectivity index (χ1v) is 11.1. The Morgan fingerprint density at radius 2 is 1.93 bits per heavy atom. The molecular formula is C19H21N3O3S2. The fraction of sp³-hybridized carbons (Fsp3) is 0.263. The number of carbonyl (C=O) groups is 1. The number of anilines is 1. The molecule has 0 spiro atoms. The number of thiazole rings is 1. The lowest BCUT2D eigenvalue weighted by atomic mass is 10.1. The summed E-state index contributed by atoms with van der Waals surface area (Å²) < 4.78 is 26.6. The van der Waals surface area contributed by atoms with Crippen LogP contribution in [-0.2, 0) is 10.0 Å². The molecule has 0 unspecified atom stereocenters. The number of fused-ring (bicyclic) bond motifs is 1. The predicted molar refractivity (Wildman–Crippen MR) is 110 cm³/mol. The molecule has 1 atom stereocenters. The monoisotopic (exact) mass is 403 g/mol. The predicted octanol–water partition coefficient (Wildman–Crippen LogP) is 3.81. The van der Waals surface area contributed by atoms with Crippen LogP contribution in [0.5, 0.6) is 0 Å². The number of aryl methyl sites for hydroxylation is 1. The maximum atomic E-state index is 12.9. The standard InChI is InChI=1S/C19H21N3O3S2/c1-12-9-10-14(11-16(12)21-27(4,24)25)19(23)22(3)13(2)18-20-15-7-5-6-8-17(15)26-18/h5-11,13,21H,1-4H3/t13-/m1/s1. The molecule has 0 bridgehead atoms. The normalized spacial score (nSPS) is 12.7. The Hall–Kier alpha value is -2.45. The summed E-state index contributed by atoms with van der Waals surface area (Å²) in [6.07, 6.45) is 1.09. The molecule has 6 nitrogen and oxygen atoms in total. The van der Waals surface area contributed by atoms with Crippen LogP contribution in [0.25, 0.3) is 10.2 Å². The van der Waals surface area contributed by atoms with Crippen LogP contribution in [0.4, 0.5) is 5.69 Å². The van der Waals surface area contributed by atoms with E-state index in [1.54, 1.807) is 48.4 Å².